The highest BCUT2D eigenvalue weighted by Crippen LogP contribution is 2.18. The van der Waals surface area contributed by atoms with Crippen molar-refractivity contribution in [3.8, 4) is 5.82 Å². The van der Waals surface area contributed by atoms with Crippen LogP contribution in [0, 0.1) is 13.8 Å². The number of nitrogens with one attached hydrogen (secondary N) is 1. The molecule has 0 saturated carbocycles. The molecule has 0 aromatic carbocycles. The summed E-state index contributed by atoms with van der Waals surface area (Å²) in [6.07, 6.45) is 4.10. The maximum atomic E-state index is 4.61. The third-order valence-electron chi connectivity index (χ3n) is 3.98. The second kappa shape index (κ2) is 6.85. The Morgan fingerprint density at radius 1 is 1.24 bits per heavy atom. The molecule has 2 rings (SSSR count). The lowest BCUT2D eigenvalue weighted by Gasteiger charge is -2.13. The summed E-state index contributed by atoms with van der Waals surface area (Å²) < 4.78 is 1.95. The Bertz CT molecular complexity index is 584. The predicted molar refractivity (Wildman–Crippen MR) is 86.9 cm³/mol. The van der Waals surface area contributed by atoms with Crippen LogP contribution in [0.3, 0.4) is 0 Å². The number of nitrogens with zero attached hydrogens (tertiary/aromatic N) is 3. The van der Waals surface area contributed by atoms with Gasteiger partial charge in [-0.15, -0.1) is 0 Å². The highest BCUT2D eigenvalue weighted by atomic mass is 15.3. The van der Waals surface area contributed by atoms with Crippen LogP contribution in [-0.4, -0.2) is 21.3 Å². The Morgan fingerprint density at radius 2 is 2.00 bits per heavy atom. The first kappa shape index (κ1) is 15.7. The molecule has 0 saturated heterocycles. The lowest BCUT2D eigenvalue weighted by atomic mass is 10.1. The van der Waals surface area contributed by atoms with Crippen LogP contribution in [0.2, 0.25) is 0 Å². The van der Waals surface area contributed by atoms with Gasteiger partial charge in [0.25, 0.3) is 0 Å². The van der Waals surface area contributed by atoms with Gasteiger partial charge in [-0.25, -0.2) is 9.67 Å². The molecule has 1 atom stereocenters. The molecule has 0 bridgehead atoms. The third-order valence-corrected chi connectivity index (χ3v) is 3.98. The third kappa shape index (κ3) is 3.32. The fraction of sp³-hybridized carbons (Fsp3) is 0.529. The summed E-state index contributed by atoms with van der Waals surface area (Å²) in [5, 5.41) is 8.09. The van der Waals surface area contributed by atoms with Gasteiger partial charge in [0.15, 0.2) is 5.82 Å². The van der Waals surface area contributed by atoms with Gasteiger partial charge in [0.1, 0.15) is 0 Å². The van der Waals surface area contributed by atoms with Gasteiger partial charge in [-0.05, 0) is 57.4 Å². The SMILES string of the molecule is CCCNC(C)c1ccc(-n2nc(C)c(CC)c2C)nc1. The molecular formula is C17H26N4. The van der Waals surface area contributed by atoms with Crippen molar-refractivity contribution in [3.05, 3.63) is 40.8 Å². The molecule has 114 valence electrons. The highest BCUT2D eigenvalue weighted by molar-refractivity contribution is 5.33. The zero-order valence-electron chi connectivity index (χ0n) is 13.8. The van der Waals surface area contributed by atoms with Gasteiger partial charge in [-0.3, -0.25) is 0 Å². The summed E-state index contributed by atoms with van der Waals surface area (Å²) in [4.78, 5) is 4.59. The first-order valence-electron chi connectivity index (χ1n) is 7.83. The summed E-state index contributed by atoms with van der Waals surface area (Å²) in [5.41, 5.74) is 4.81. The Labute approximate surface area is 127 Å². The van der Waals surface area contributed by atoms with Crippen molar-refractivity contribution >= 4 is 0 Å². The van der Waals surface area contributed by atoms with Crippen molar-refractivity contribution in [2.24, 2.45) is 0 Å². The second-order valence-electron chi connectivity index (χ2n) is 5.54. The minimum atomic E-state index is 0.332. The maximum absolute atomic E-state index is 4.61. The van der Waals surface area contributed by atoms with Crippen LogP contribution >= 0.6 is 0 Å². The molecule has 2 aromatic rings. The summed E-state index contributed by atoms with van der Waals surface area (Å²) in [7, 11) is 0. The van der Waals surface area contributed by atoms with Crippen LogP contribution in [0.25, 0.3) is 5.82 Å². The van der Waals surface area contributed by atoms with Crippen LogP contribution in [0.5, 0.6) is 0 Å². The average Bonchev–Trinajstić information content (AvgIpc) is 2.79. The number of rotatable bonds is 6. The van der Waals surface area contributed by atoms with E-state index in [1.54, 1.807) is 0 Å². The minimum Gasteiger partial charge on any atom is -0.310 e. The van der Waals surface area contributed by atoms with Crippen molar-refractivity contribution in [2.75, 3.05) is 6.54 Å². The van der Waals surface area contributed by atoms with Crippen molar-refractivity contribution in [2.45, 2.75) is 53.5 Å². The molecular weight excluding hydrogens is 260 g/mol. The van der Waals surface area contributed by atoms with Crippen molar-refractivity contribution in [3.63, 3.8) is 0 Å². The quantitative estimate of drug-likeness (QED) is 0.883. The molecule has 1 N–H and O–H groups in total. The molecule has 0 aliphatic rings. The maximum Gasteiger partial charge on any atom is 0.153 e. The summed E-state index contributed by atoms with van der Waals surface area (Å²) in [6.45, 7) is 11.7. The second-order valence-corrected chi connectivity index (χ2v) is 5.54. The normalized spacial score (nSPS) is 12.6. The molecule has 4 nitrogen and oxygen atoms in total. The smallest absolute Gasteiger partial charge is 0.153 e. The number of hydrogen-bond donors (Lipinski definition) is 1. The van der Waals surface area contributed by atoms with E-state index in [0.29, 0.717) is 6.04 Å². The van der Waals surface area contributed by atoms with E-state index < -0.39 is 0 Å². The van der Waals surface area contributed by atoms with E-state index in [9.17, 15) is 0 Å². The van der Waals surface area contributed by atoms with E-state index in [2.05, 4.69) is 62.2 Å². The molecule has 0 amide bonds. The van der Waals surface area contributed by atoms with Crippen molar-refractivity contribution in [1.29, 1.82) is 0 Å². The lowest BCUT2D eigenvalue weighted by molar-refractivity contribution is 0.569. The predicted octanol–water partition coefficient (Wildman–Crippen LogP) is 3.51. The van der Waals surface area contributed by atoms with Crippen LogP contribution in [0.15, 0.2) is 18.3 Å². The Morgan fingerprint density at radius 3 is 2.52 bits per heavy atom. The van der Waals surface area contributed by atoms with E-state index in [1.165, 1.54) is 16.8 Å². The van der Waals surface area contributed by atoms with Gasteiger partial charge in [-0.2, -0.15) is 5.10 Å². The van der Waals surface area contributed by atoms with E-state index in [0.717, 1.165) is 30.9 Å². The summed E-state index contributed by atoms with van der Waals surface area (Å²) in [6, 6.07) is 4.52. The van der Waals surface area contributed by atoms with Gasteiger partial charge < -0.3 is 5.32 Å². The van der Waals surface area contributed by atoms with Gasteiger partial charge >= 0.3 is 0 Å². The number of aryl methyl sites for hydroxylation is 1. The number of hydrogen-bond acceptors (Lipinski definition) is 3. The molecule has 2 heterocycles. The first-order valence-corrected chi connectivity index (χ1v) is 7.83. The average molecular weight is 286 g/mol. The monoisotopic (exact) mass is 286 g/mol. The van der Waals surface area contributed by atoms with Crippen LogP contribution in [-0.2, 0) is 6.42 Å². The number of pyridine rings is 1. The summed E-state index contributed by atoms with van der Waals surface area (Å²) >= 11 is 0. The molecule has 0 radical (unpaired) electrons. The first-order chi connectivity index (χ1) is 10.1. The molecule has 0 spiro atoms. The number of aromatic nitrogens is 3. The Kier molecular flexibility index (Phi) is 5.12. The van der Waals surface area contributed by atoms with Crippen molar-refractivity contribution in [1.82, 2.24) is 20.1 Å². The lowest BCUT2D eigenvalue weighted by Crippen LogP contribution is -2.19. The Hall–Kier alpha value is -1.68. The van der Waals surface area contributed by atoms with Gasteiger partial charge in [0.05, 0.1) is 5.69 Å². The van der Waals surface area contributed by atoms with E-state index in [-0.39, 0.29) is 0 Å². The fourth-order valence-corrected chi connectivity index (χ4v) is 2.67. The standard InChI is InChI=1S/C17H26N4/c1-6-10-18-12(3)15-8-9-17(19-11-15)21-14(5)16(7-2)13(4)20-21/h8-9,11-12,18H,6-7,10H2,1-5H3. The molecule has 0 aliphatic heterocycles. The molecule has 1 unspecified atom stereocenters. The van der Waals surface area contributed by atoms with E-state index >= 15 is 0 Å². The molecule has 0 aliphatic carbocycles. The highest BCUT2D eigenvalue weighted by Gasteiger charge is 2.12. The van der Waals surface area contributed by atoms with Crippen LogP contribution < -0.4 is 5.32 Å². The van der Waals surface area contributed by atoms with Crippen LogP contribution in [0.4, 0.5) is 0 Å². The van der Waals surface area contributed by atoms with Crippen molar-refractivity contribution < 1.29 is 0 Å². The zero-order chi connectivity index (χ0) is 15.4. The zero-order valence-corrected chi connectivity index (χ0v) is 13.8. The fourth-order valence-electron chi connectivity index (χ4n) is 2.67. The minimum absolute atomic E-state index is 0.332. The van der Waals surface area contributed by atoms with Crippen LogP contribution in [0.1, 0.15) is 55.7 Å². The summed E-state index contributed by atoms with van der Waals surface area (Å²) in [5.74, 6) is 0.891. The molecule has 4 heteroatoms. The topological polar surface area (TPSA) is 42.7 Å². The molecule has 21 heavy (non-hydrogen) atoms. The van der Waals surface area contributed by atoms with Gasteiger partial charge in [-0.1, -0.05) is 19.9 Å². The van der Waals surface area contributed by atoms with E-state index in [1.807, 2.05) is 10.9 Å². The van der Waals surface area contributed by atoms with Gasteiger partial charge in [0, 0.05) is 17.9 Å². The van der Waals surface area contributed by atoms with Gasteiger partial charge in [0.2, 0.25) is 0 Å². The largest absolute Gasteiger partial charge is 0.310 e. The Balaban J connectivity index is 2.23. The van der Waals surface area contributed by atoms with E-state index in [4.69, 9.17) is 0 Å². The molecule has 0 fully saturated rings. The molecule has 2 aromatic heterocycles.